The highest BCUT2D eigenvalue weighted by molar-refractivity contribution is 5.42. The molecule has 2 rings (SSSR count). The first kappa shape index (κ1) is 14.2. The van der Waals surface area contributed by atoms with Crippen molar-refractivity contribution in [1.29, 1.82) is 0 Å². The molecule has 1 atom stereocenters. The van der Waals surface area contributed by atoms with Gasteiger partial charge in [0.15, 0.2) is 0 Å². The van der Waals surface area contributed by atoms with Crippen molar-refractivity contribution in [2.75, 3.05) is 5.32 Å². The third-order valence-corrected chi connectivity index (χ3v) is 4.30. The number of nitrogens with one attached hydrogen (secondary N) is 1. The summed E-state index contributed by atoms with van der Waals surface area (Å²) in [7, 11) is 0. The maximum Gasteiger partial charge on any atom is 0.250 e. The van der Waals surface area contributed by atoms with Crippen molar-refractivity contribution in [2.24, 2.45) is 5.41 Å². The molecule has 0 aromatic carbocycles. The van der Waals surface area contributed by atoms with Gasteiger partial charge in [0.25, 0.3) is 5.56 Å². The maximum atomic E-state index is 11.7. The summed E-state index contributed by atoms with van der Waals surface area (Å²) in [5.41, 5.74) is 1.51. The van der Waals surface area contributed by atoms with Crippen LogP contribution < -0.4 is 10.9 Å². The molecular weight excluding hydrogens is 236 g/mol. The Kier molecular flexibility index (Phi) is 4.33. The van der Waals surface area contributed by atoms with Gasteiger partial charge in [0.05, 0.1) is 5.69 Å². The molecule has 0 aliphatic heterocycles. The van der Waals surface area contributed by atoms with Crippen LogP contribution in [0.4, 0.5) is 5.69 Å². The molecule has 1 aliphatic carbocycles. The summed E-state index contributed by atoms with van der Waals surface area (Å²) in [6.45, 7) is 7.57. The number of hydrogen-bond donors (Lipinski definition) is 1. The van der Waals surface area contributed by atoms with Crippen LogP contribution in [-0.2, 0) is 6.54 Å². The van der Waals surface area contributed by atoms with Crippen molar-refractivity contribution in [1.82, 2.24) is 4.57 Å². The van der Waals surface area contributed by atoms with E-state index in [1.807, 2.05) is 12.3 Å². The van der Waals surface area contributed by atoms with E-state index in [2.05, 4.69) is 26.1 Å². The van der Waals surface area contributed by atoms with Gasteiger partial charge in [-0.3, -0.25) is 4.79 Å². The zero-order valence-electron chi connectivity index (χ0n) is 12.4. The molecule has 0 saturated heterocycles. The summed E-state index contributed by atoms with van der Waals surface area (Å²) in [5, 5.41) is 3.64. The molecule has 1 aromatic rings. The molecule has 1 saturated carbocycles. The lowest BCUT2D eigenvalue weighted by molar-refractivity contribution is 0.217. The number of rotatable bonds is 4. The topological polar surface area (TPSA) is 34.0 Å². The third-order valence-electron chi connectivity index (χ3n) is 4.30. The summed E-state index contributed by atoms with van der Waals surface area (Å²) in [6, 6.07) is 4.10. The van der Waals surface area contributed by atoms with Gasteiger partial charge in [-0.1, -0.05) is 33.6 Å². The Morgan fingerprint density at radius 1 is 1.37 bits per heavy atom. The van der Waals surface area contributed by atoms with E-state index >= 15 is 0 Å². The van der Waals surface area contributed by atoms with E-state index in [0.29, 0.717) is 11.5 Å². The Morgan fingerprint density at radius 2 is 2.16 bits per heavy atom. The van der Waals surface area contributed by atoms with Crippen LogP contribution in [0.25, 0.3) is 0 Å². The van der Waals surface area contributed by atoms with E-state index in [0.717, 1.165) is 18.7 Å². The van der Waals surface area contributed by atoms with Crippen molar-refractivity contribution in [3.8, 4) is 0 Å². The largest absolute Gasteiger partial charge is 0.381 e. The van der Waals surface area contributed by atoms with Crippen molar-refractivity contribution >= 4 is 5.69 Å². The predicted molar refractivity (Wildman–Crippen MR) is 80.7 cm³/mol. The first-order valence-electron chi connectivity index (χ1n) is 7.50. The minimum atomic E-state index is 0.0929. The zero-order valence-corrected chi connectivity index (χ0v) is 12.4. The molecule has 1 aromatic heterocycles. The van der Waals surface area contributed by atoms with Crippen LogP contribution >= 0.6 is 0 Å². The number of aryl methyl sites for hydroxylation is 1. The van der Waals surface area contributed by atoms with Gasteiger partial charge in [-0.2, -0.15) is 0 Å². The fraction of sp³-hybridized carbons (Fsp3) is 0.688. The number of nitrogens with zero attached hydrogens (tertiary/aromatic N) is 1. The second-order valence-electron chi connectivity index (χ2n) is 6.38. The van der Waals surface area contributed by atoms with E-state index < -0.39 is 0 Å². The van der Waals surface area contributed by atoms with Gasteiger partial charge in [0.2, 0.25) is 0 Å². The lowest BCUT2D eigenvalue weighted by Gasteiger charge is -2.39. The zero-order chi connectivity index (χ0) is 13.9. The number of hydrogen-bond acceptors (Lipinski definition) is 2. The van der Waals surface area contributed by atoms with E-state index in [1.165, 1.54) is 25.7 Å². The predicted octanol–water partition coefficient (Wildman–Crippen LogP) is 3.64. The van der Waals surface area contributed by atoms with Crippen LogP contribution in [-0.4, -0.2) is 10.6 Å². The average molecular weight is 262 g/mol. The SMILES string of the molecule is CCCn1cc(NC2CCCCC2(C)C)ccc1=O. The first-order chi connectivity index (χ1) is 9.03. The standard InChI is InChI=1S/C16H26N2O/c1-4-11-18-12-13(8-9-15(18)19)17-14-7-5-6-10-16(14,2)3/h8-9,12,14,17H,4-7,10-11H2,1-3H3. The van der Waals surface area contributed by atoms with Crippen LogP contribution in [0.3, 0.4) is 0 Å². The molecule has 1 aliphatic rings. The van der Waals surface area contributed by atoms with E-state index in [9.17, 15) is 4.79 Å². The molecular formula is C16H26N2O. The van der Waals surface area contributed by atoms with Gasteiger partial charge in [-0.05, 0) is 30.7 Å². The Bertz CT molecular complexity index is 476. The first-order valence-corrected chi connectivity index (χ1v) is 7.50. The summed E-state index contributed by atoms with van der Waals surface area (Å²) in [5.74, 6) is 0. The Morgan fingerprint density at radius 3 is 2.84 bits per heavy atom. The lowest BCUT2D eigenvalue weighted by atomic mass is 9.73. The highest BCUT2D eigenvalue weighted by atomic mass is 16.1. The van der Waals surface area contributed by atoms with Crippen molar-refractivity contribution in [2.45, 2.75) is 65.5 Å². The van der Waals surface area contributed by atoms with Crippen LogP contribution in [0.1, 0.15) is 52.9 Å². The number of anilines is 1. The molecule has 3 heteroatoms. The van der Waals surface area contributed by atoms with Crippen molar-refractivity contribution < 1.29 is 0 Å². The van der Waals surface area contributed by atoms with Crippen molar-refractivity contribution in [3.05, 3.63) is 28.7 Å². The molecule has 1 heterocycles. The van der Waals surface area contributed by atoms with E-state index in [1.54, 1.807) is 10.6 Å². The highest BCUT2D eigenvalue weighted by Gasteiger charge is 2.31. The average Bonchev–Trinajstić information content (AvgIpc) is 2.36. The van der Waals surface area contributed by atoms with Gasteiger partial charge in [0, 0.05) is 24.8 Å². The monoisotopic (exact) mass is 262 g/mol. The van der Waals surface area contributed by atoms with Gasteiger partial charge in [0.1, 0.15) is 0 Å². The number of aromatic nitrogens is 1. The van der Waals surface area contributed by atoms with Gasteiger partial charge in [-0.25, -0.2) is 0 Å². The van der Waals surface area contributed by atoms with Gasteiger partial charge < -0.3 is 9.88 Å². The van der Waals surface area contributed by atoms with E-state index in [4.69, 9.17) is 0 Å². The molecule has 3 nitrogen and oxygen atoms in total. The molecule has 0 amide bonds. The second kappa shape index (κ2) is 5.81. The fourth-order valence-corrected chi connectivity index (χ4v) is 3.00. The Hall–Kier alpha value is -1.25. The molecule has 1 N–H and O–H groups in total. The molecule has 19 heavy (non-hydrogen) atoms. The quantitative estimate of drug-likeness (QED) is 0.899. The maximum absolute atomic E-state index is 11.7. The molecule has 0 bridgehead atoms. The summed E-state index contributed by atoms with van der Waals surface area (Å²) in [6.07, 6.45) is 8.09. The summed E-state index contributed by atoms with van der Waals surface area (Å²) in [4.78, 5) is 11.7. The highest BCUT2D eigenvalue weighted by Crippen LogP contribution is 2.37. The molecule has 0 radical (unpaired) electrons. The Labute approximate surface area is 116 Å². The second-order valence-corrected chi connectivity index (χ2v) is 6.38. The van der Waals surface area contributed by atoms with Crippen LogP contribution in [0.2, 0.25) is 0 Å². The smallest absolute Gasteiger partial charge is 0.250 e. The number of pyridine rings is 1. The summed E-state index contributed by atoms with van der Waals surface area (Å²) >= 11 is 0. The van der Waals surface area contributed by atoms with Crippen LogP contribution in [0.15, 0.2) is 23.1 Å². The molecule has 106 valence electrons. The molecule has 1 fully saturated rings. The minimum absolute atomic E-state index is 0.0929. The van der Waals surface area contributed by atoms with Gasteiger partial charge >= 0.3 is 0 Å². The van der Waals surface area contributed by atoms with Crippen LogP contribution in [0.5, 0.6) is 0 Å². The molecule has 1 unspecified atom stereocenters. The van der Waals surface area contributed by atoms with E-state index in [-0.39, 0.29) is 5.56 Å². The normalized spacial score (nSPS) is 22.2. The molecule has 0 spiro atoms. The van der Waals surface area contributed by atoms with Crippen LogP contribution in [0, 0.1) is 5.41 Å². The van der Waals surface area contributed by atoms with Gasteiger partial charge in [-0.15, -0.1) is 0 Å². The van der Waals surface area contributed by atoms with Crippen molar-refractivity contribution in [3.63, 3.8) is 0 Å². The summed E-state index contributed by atoms with van der Waals surface area (Å²) < 4.78 is 1.80. The third kappa shape index (κ3) is 3.40. The fourth-order valence-electron chi connectivity index (χ4n) is 3.00. The minimum Gasteiger partial charge on any atom is -0.381 e. The lowest BCUT2D eigenvalue weighted by Crippen LogP contribution is -2.39. The Balaban J connectivity index is 2.14.